The molecule has 1 heterocycles. The van der Waals surface area contributed by atoms with Crippen molar-refractivity contribution in [3.05, 3.63) is 36.4 Å². The number of guanidine groups is 1. The summed E-state index contributed by atoms with van der Waals surface area (Å²) in [5, 5.41) is 6.57. The number of benzene rings is 1. The van der Waals surface area contributed by atoms with Gasteiger partial charge < -0.3 is 24.7 Å². The second-order valence-electron chi connectivity index (χ2n) is 6.24. The first-order valence-corrected chi connectivity index (χ1v) is 8.85. The Hall–Kier alpha value is -2.70. The predicted octanol–water partition coefficient (Wildman–Crippen LogP) is 3.13. The van der Waals surface area contributed by atoms with Gasteiger partial charge in [0.05, 0.1) is 20.3 Å². The zero-order valence-corrected chi connectivity index (χ0v) is 16.2. The van der Waals surface area contributed by atoms with Gasteiger partial charge in [0.2, 0.25) is 0 Å². The van der Waals surface area contributed by atoms with E-state index in [0.717, 1.165) is 18.1 Å². The number of imidazole rings is 1. The molecule has 1 aromatic carbocycles. The zero-order valence-electron chi connectivity index (χ0n) is 16.2. The van der Waals surface area contributed by atoms with Crippen LogP contribution in [0.25, 0.3) is 0 Å². The van der Waals surface area contributed by atoms with E-state index in [1.54, 1.807) is 14.2 Å². The zero-order chi connectivity index (χ0) is 18.9. The number of nitrogens with one attached hydrogen (secondary N) is 2. The third-order valence-electron chi connectivity index (χ3n) is 3.73. The molecule has 2 rings (SSSR count). The minimum Gasteiger partial charge on any atom is -0.493 e. The lowest BCUT2D eigenvalue weighted by Crippen LogP contribution is -2.31. The van der Waals surface area contributed by atoms with Gasteiger partial charge in [0.25, 0.3) is 0 Å². The van der Waals surface area contributed by atoms with Gasteiger partial charge in [-0.1, -0.05) is 13.8 Å². The predicted molar refractivity (Wildman–Crippen MR) is 105 cm³/mol. The SMILES string of the molecule is CCOc1cc(NC(=NC)NCc2nccn2CC(C)C)ccc1OC. The van der Waals surface area contributed by atoms with Crippen molar-refractivity contribution in [3.8, 4) is 11.5 Å². The first kappa shape index (κ1) is 19.6. The normalized spacial score (nSPS) is 11.5. The molecule has 0 aliphatic carbocycles. The maximum atomic E-state index is 5.62. The average Bonchev–Trinajstić information content (AvgIpc) is 3.05. The van der Waals surface area contributed by atoms with E-state index < -0.39 is 0 Å². The molecule has 7 nitrogen and oxygen atoms in total. The Morgan fingerprint density at radius 3 is 2.77 bits per heavy atom. The summed E-state index contributed by atoms with van der Waals surface area (Å²) in [6.45, 7) is 8.44. The van der Waals surface area contributed by atoms with Gasteiger partial charge in [-0.15, -0.1) is 0 Å². The highest BCUT2D eigenvalue weighted by molar-refractivity contribution is 5.93. The van der Waals surface area contributed by atoms with Crippen LogP contribution in [0.15, 0.2) is 35.6 Å². The Morgan fingerprint density at radius 2 is 2.12 bits per heavy atom. The fourth-order valence-corrected chi connectivity index (χ4v) is 2.57. The minimum absolute atomic E-state index is 0.566. The summed E-state index contributed by atoms with van der Waals surface area (Å²) in [5.41, 5.74) is 0.868. The second-order valence-corrected chi connectivity index (χ2v) is 6.24. The van der Waals surface area contributed by atoms with E-state index in [1.165, 1.54) is 0 Å². The van der Waals surface area contributed by atoms with Crippen LogP contribution in [-0.4, -0.2) is 36.3 Å². The van der Waals surface area contributed by atoms with Crippen molar-refractivity contribution in [1.82, 2.24) is 14.9 Å². The van der Waals surface area contributed by atoms with Gasteiger partial charge in [0, 0.05) is 37.7 Å². The summed E-state index contributed by atoms with van der Waals surface area (Å²) >= 11 is 0. The molecule has 7 heteroatoms. The van der Waals surface area contributed by atoms with Gasteiger partial charge in [0.1, 0.15) is 5.82 Å². The lowest BCUT2D eigenvalue weighted by Gasteiger charge is -2.15. The molecule has 0 amide bonds. The number of nitrogens with zero attached hydrogens (tertiary/aromatic N) is 3. The van der Waals surface area contributed by atoms with Gasteiger partial charge in [-0.2, -0.15) is 0 Å². The van der Waals surface area contributed by atoms with Gasteiger partial charge in [-0.3, -0.25) is 4.99 Å². The molecule has 2 aromatic rings. The molecule has 0 aliphatic heterocycles. The number of hydrogen-bond donors (Lipinski definition) is 2. The molecular formula is C19H29N5O2. The number of ether oxygens (including phenoxy) is 2. The Labute approximate surface area is 155 Å². The van der Waals surface area contributed by atoms with Crippen LogP contribution in [-0.2, 0) is 13.1 Å². The maximum Gasteiger partial charge on any atom is 0.195 e. The van der Waals surface area contributed by atoms with Crippen molar-refractivity contribution in [2.75, 3.05) is 26.1 Å². The summed E-state index contributed by atoms with van der Waals surface area (Å²) in [4.78, 5) is 8.70. The van der Waals surface area contributed by atoms with E-state index in [0.29, 0.717) is 36.5 Å². The summed E-state index contributed by atoms with van der Waals surface area (Å²) < 4.78 is 13.1. The van der Waals surface area contributed by atoms with Crippen LogP contribution in [0, 0.1) is 5.92 Å². The summed E-state index contributed by atoms with van der Waals surface area (Å²) in [6.07, 6.45) is 3.83. The summed E-state index contributed by atoms with van der Waals surface area (Å²) in [7, 11) is 3.37. The Balaban J connectivity index is 2.02. The molecule has 1 aromatic heterocycles. The monoisotopic (exact) mass is 359 g/mol. The van der Waals surface area contributed by atoms with Gasteiger partial charge in [-0.05, 0) is 25.0 Å². The second kappa shape index (κ2) is 9.70. The van der Waals surface area contributed by atoms with Crippen LogP contribution in [0.4, 0.5) is 5.69 Å². The van der Waals surface area contributed by atoms with Crippen LogP contribution in [0.2, 0.25) is 0 Å². The van der Waals surface area contributed by atoms with Crippen LogP contribution in [0.1, 0.15) is 26.6 Å². The van der Waals surface area contributed by atoms with Crippen LogP contribution >= 0.6 is 0 Å². The van der Waals surface area contributed by atoms with E-state index in [2.05, 4.69) is 39.0 Å². The molecule has 2 N–H and O–H groups in total. The first-order valence-electron chi connectivity index (χ1n) is 8.85. The lowest BCUT2D eigenvalue weighted by atomic mass is 10.2. The summed E-state index contributed by atoms with van der Waals surface area (Å²) in [5.74, 6) is 3.61. The van der Waals surface area contributed by atoms with Crippen molar-refractivity contribution in [3.63, 3.8) is 0 Å². The maximum absolute atomic E-state index is 5.62. The van der Waals surface area contributed by atoms with E-state index in [1.807, 2.05) is 37.5 Å². The molecule has 0 saturated heterocycles. The van der Waals surface area contributed by atoms with Crippen LogP contribution in [0.5, 0.6) is 11.5 Å². The topological polar surface area (TPSA) is 72.7 Å². The fraction of sp³-hybridized carbons (Fsp3) is 0.474. The molecule has 0 bridgehead atoms. The molecule has 0 radical (unpaired) electrons. The van der Waals surface area contributed by atoms with Crippen LogP contribution < -0.4 is 20.1 Å². The highest BCUT2D eigenvalue weighted by atomic mass is 16.5. The molecule has 26 heavy (non-hydrogen) atoms. The Morgan fingerprint density at radius 1 is 1.31 bits per heavy atom. The molecule has 0 atom stereocenters. The molecule has 142 valence electrons. The van der Waals surface area contributed by atoms with Crippen molar-refractivity contribution < 1.29 is 9.47 Å². The van der Waals surface area contributed by atoms with Gasteiger partial charge >= 0.3 is 0 Å². The quantitative estimate of drug-likeness (QED) is 0.560. The fourth-order valence-electron chi connectivity index (χ4n) is 2.57. The third-order valence-corrected chi connectivity index (χ3v) is 3.73. The van der Waals surface area contributed by atoms with E-state index in [9.17, 15) is 0 Å². The molecule has 0 spiro atoms. The summed E-state index contributed by atoms with van der Waals surface area (Å²) in [6, 6.07) is 5.69. The van der Waals surface area contributed by atoms with Crippen molar-refractivity contribution >= 4 is 11.6 Å². The van der Waals surface area contributed by atoms with Gasteiger partial charge in [-0.25, -0.2) is 4.98 Å². The van der Waals surface area contributed by atoms with E-state index in [4.69, 9.17) is 9.47 Å². The molecular weight excluding hydrogens is 330 g/mol. The molecule has 0 unspecified atom stereocenters. The van der Waals surface area contributed by atoms with Gasteiger partial charge in [0.15, 0.2) is 17.5 Å². The third kappa shape index (κ3) is 5.40. The first-order chi connectivity index (χ1) is 12.6. The number of hydrogen-bond acceptors (Lipinski definition) is 4. The van der Waals surface area contributed by atoms with Crippen molar-refractivity contribution in [2.24, 2.45) is 10.9 Å². The smallest absolute Gasteiger partial charge is 0.195 e. The van der Waals surface area contributed by atoms with E-state index in [-0.39, 0.29) is 0 Å². The highest BCUT2D eigenvalue weighted by Gasteiger charge is 2.09. The van der Waals surface area contributed by atoms with Crippen molar-refractivity contribution in [1.29, 1.82) is 0 Å². The number of anilines is 1. The molecule has 0 saturated carbocycles. The molecule has 0 fully saturated rings. The lowest BCUT2D eigenvalue weighted by molar-refractivity contribution is 0.311. The van der Waals surface area contributed by atoms with Crippen LogP contribution in [0.3, 0.4) is 0 Å². The number of rotatable bonds is 8. The Kier molecular flexibility index (Phi) is 7.32. The largest absolute Gasteiger partial charge is 0.493 e. The minimum atomic E-state index is 0.566. The number of methoxy groups -OCH3 is 1. The van der Waals surface area contributed by atoms with Crippen molar-refractivity contribution in [2.45, 2.75) is 33.9 Å². The standard InChI is InChI=1S/C19H29N5O2/c1-6-26-17-11-15(7-8-16(17)25-5)23-19(20-4)22-12-18-21-9-10-24(18)13-14(2)3/h7-11,14H,6,12-13H2,1-5H3,(H2,20,22,23). The highest BCUT2D eigenvalue weighted by Crippen LogP contribution is 2.30. The Bertz CT molecular complexity index is 724. The number of aromatic nitrogens is 2. The molecule has 0 aliphatic rings. The number of aliphatic imine (C=N–C) groups is 1. The average molecular weight is 359 g/mol. The van der Waals surface area contributed by atoms with E-state index >= 15 is 0 Å².